The summed E-state index contributed by atoms with van der Waals surface area (Å²) < 4.78 is 12.5. The number of benzene rings is 1. The monoisotopic (exact) mass is 196 g/mol. The van der Waals surface area contributed by atoms with Gasteiger partial charge >= 0.3 is 6.09 Å². The lowest BCUT2D eigenvalue weighted by molar-refractivity contribution is 0.167. The molecule has 0 aliphatic heterocycles. The fourth-order valence-corrected chi connectivity index (χ4v) is 0.774. The van der Waals surface area contributed by atoms with Gasteiger partial charge in [0.05, 0.1) is 0 Å². The van der Waals surface area contributed by atoms with E-state index in [1.54, 1.807) is 6.92 Å². The predicted molar refractivity (Wildman–Crippen MR) is 50.7 cm³/mol. The fraction of sp³-hybridized carbons (Fsp3) is 0.111. The topological polar surface area (TPSA) is 50.7 Å². The minimum Gasteiger partial charge on any atom is -0.298 e. The van der Waals surface area contributed by atoms with Gasteiger partial charge in [-0.3, -0.25) is 10.2 Å². The number of amides is 1. The van der Waals surface area contributed by atoms with Gasteiger partial charge < -0.3 is 0 Å². The van der Waals surface area contributed by atoms with Crippen molar-refractivity contribution in [3.63, 3.8) is 0 Å². The molecule has 14 heavy (non-hydrogen) atoms. The Kier molecular flexibility index (Phi) is 3.60. The van der Waals surface area contributed by atoms with E-state index in [0.717, 1.165) is 0 Å². The number of carbonyl (C=O) groups excluding carboxylic acids is 1. The van der Waals surface area contributed by atoms with E-state index in [9.17, 15) is 9.18 Å². The van der Waals surface area contributed by atoms with Crippen LogP contribution in [0.4, 0.5) is 14.9 Å². The lowest BCUT2D eigenvalue weighted by Crippen LogP contribution is -2.10. The van der Waals surface area contributed by atoms with Crippen molar-refractivity contribution in [1.29, 1.82) is 0 Å². The molecule has 0 aliphatic carbocycles. The number of nitrogens with zero attached hydrogens (tertiary/aromatic N) is 1. The highest BCUT2D eigenvalue weighted by atomic mass is 19.1. The van der Waals surface area contributed by atoms with Gasteiger partial charge in [-0.1, -0.05) is 5.16 Å². The van der Waals surface area contributed by atoms with E-state index in [2.05, 4.69) is 15.3 Å². The van der Waals surface area contributed by atoms with Gasteiger partial charge in [0.1, 0.15) is 5.82 Å². The first-order chi connectivity index (χ1) is 6.72. The summed E-state index contributed by atoms with van der Waals surface area (Å²) in [6.07, 6.45) is 0.624. The lowest BCUT2D eigenvalue weighted by Gasteiger charge is -2.01. The number of anilines is 1. The van der Waals surface area contributed by atoms with Crippen molar-refractivity contribution in [1.82, 2.24) is 0 Å². The number of rotatable bonds is 2. The summed E-state index contributed by atoms with van der Waals surface area (Å²) in [6, 6.07) is 5.32. The highest BCUT2D eigenvalue weighted by Crippen LogP contribution is 2.08. The molecule has 1 rings (SSSR count). The Hall–Kier alpha value is -1.91. The van der Waals surface area contributed by atoms with Crippen molar-refractivity contribution in [2.75, 3.05) is 5.32 Å². The van der Waals surface area contributed by atoms with Crippen LogP contribution in [0.1, 0.15) is 6.92 Å². The molecule has 0 aliphatic rings. The SMILES string of the molecule is C/C=N\OC(=O)Nc1ccc(F)cc1. The second kappa shape index (κ2) is 4.96. The van der Waals surface area contributed by atoms with Crippen LogP contribution in [0, 0.1) is 5.82 Å². The molecular weight excluding hydrogens is 187 g/mol. The maximum atomic E-state index is 12.5. The normalized spacial score (nSPS) is 10.1. The van der Waals surface area contributed by atoms with Gasteiger partial charge in [0.15, 0.2) is 0 Å². The molecule has 0 bridgehead atoms. The minimum atomic E-state index is -0.713. The standard InChI is InChI=1S/C9H9FN2O2/c1-2-11-14-9(13)12-8-5-3-7(10)4-6-8/h2-6H,1H3,(H,12,13)/b11-2-. The molecule has 0 aromatic heterocycles. The van der Waals surface area contributed by atoms with Crippen molar-refractivity contribution in [3.05, 3.63) is 30.1 Å². The van der Waals surface area contributed by atoms with Crippen LogP contribution >= 0.6 is 0 Å². The van der Waals surface area contributed by atoms with Crippen molar-refractivity contribution < 1.29 is 14.0 Å². The highest BCUT2D eigenvalue weighted by Gasteiger charge is 2.01. The van der Waals surface area contributed by atoms with E-state index in [4.69, 9.17) is 0 Å². The van der Waals surface area contributed by atoms with Gasteiger partial charge in [-0.2, -0.15) is 0 Å². The molecule has 0 saturated heterocycles. The zero-order chi connectivity index (χ0) is 10.4. The average molecular weight is 196 g/mol. The molecule has 0 spiro atoms. The number of nitrogens with one attached hydrogen (secondary N) is 1. The molecule has 5 heteroatoms. The summed E-state index contributed by atoms with van der Waals surface area (Å²) in [7, 11) is 0. The summed E-state index contributed by atoms with van der Waals surface area (Å²) in [4.78, 5) is 15.3. The molecule has 0 radical (unpaired) electrons. The van der Waals surface area contributed by atoms with Crippen LogP contribution in [0.5, 0.6) is 0 Å². The third-order valence-corrected chi connectivity index (χ3v) is 1.33. The first-order valence-electron chi connectivity index (χ1n) is 3.94. The van der Waals surface area contributed by atoms with E-state index >= 15 is 0 Å². The first kappa shape index (κ1) is 10.2. The van der Waals surface area contributed by atoms with Crippen LogP contribution in [-0.4, -0.2) is 12.3 Å². The Labute approximate surface area is 80.4 Å². The number of carbonyl (C=O) groups is 1. The molecule has 1 N–H and O–H groups in total. The van der Waals surface area contributed by atoms with E-state index in [1.165, 1.54) is 30.5 Å². The zero-order valence-electron chi connectivity index (χ0n) is 7.53. The van der Waals surface area contributed by atoms with E-state index in [-0.39, 0.29) is 5.82 Å². The van der Waals surface area contributed by atoms with Crippen LogP contribution in [0.2, 0.25) is 0 Å². The Morgan fingerprint density at radius 1 is 1.50 bits per heavy atom. The van der Waals surface area contributed by atoms with Crippen molar-refractivity contribution in [2.45, 2.75) is 6.92 Å². The number of oxime groups is 1. The summed E-state index contributed by atoms with van der Waals surface area (Å²) in [5.74, 6) is -0.365. The Morgan fingerprint density at radius 3 is 2.71 bits per heavy atom. The van der Waals surface area contributed by atoms with Gasteiger partial charge in [-0.25, -0.2) is 9.18 Å². The van der Waals surface area contributed by atoms with E-state index in [0.29, 0.717) is 5.69 Å². The van der Waals surface area contributed by atoms with Gasteiger partial charge in [-0.15, -0.1) is 0 Å². The van der Waals surface area contributed by atoms with Gasteiger partial charge in [0.2, 0.25) is 0 Å². The molecule has 4 nitrogen and oxygen atoms in total. The maximum absolute atomic E-state index is 12.5. The minimum absolute atomic E-state index is 0.365. The molecule has 0 saturated carbocycles. The smallest absolute Gasteiger partial charge is 0.298 e. The van der Waals surface area contributed by atoms with Crippen LogP contribution < -0.4 is 5.32 Å². The molecular formula is C9H9FN2O2. The zero-order valence-corrected chi connectivity index (χ0v) is 7.53. The highest BCUT2D eigenvalue weighted by molar-refractivity contribution is 5.84. The molecule has 1 aromatic rings. The predicted octanol–water partition coefficient (Wildman–Crippen LogP) is 2.38. The second-order valence-electron chi connectivity index (χ2n) is 2.37. The van der Waals surface area contributed by atoms with Crippen molar-refractivity contribution in [3.8, 4) is 0 Å². The van der Waals surface area contributed by atoms with Gasteiger partial charge in [-0.05, 0) is 31.2 Å². The average Bonchev–Trinajstić information content (AvgIpc) is 2.18. The van der Waals surface area contributed by atoms with Crippen molar-refractivity contribution in [2.24, 2.45) is 5.16 Å². The molecule has 0 fully saturated rings. The molecule has 0 heterocycles. The first-order valence-corrected chi connectivity index (χ1v) is 3.94. The Balaban J connectivity index is 2.52. The third kappa shape index (κ3) is 3.22. The van der Waals surface area contributed by atoms with E-state index in [1.807, 2.05) is 0 Å². The van der Waals surface area contributed by atoms with Crippen LogP contribution in [0.15, 0.2) is 29.4 Å². The Morgan fingerprint density at radius 2 is 2.14 bits per heavy atom. The van der Waals surface area contributed by atoms with Gasteiger partial charge in [0.25, 0.3) is 0 Å². The molecule has 0 atom stereocenters. The fourth-order valence-electron chi connectivity index (χ4n) is 0.774. The Bertz CT molecular complexity index is 335. The van der Waals surface area contributed by atoms with Crippen LogP contribution in [0.3, 0.4) is 0 Å². The van der Waals surface area contributed by atoms with E-state index < -0.39 is 6.09 Å². The second-order valence-corrected chi connectivity index (χ2v) is 2.37. The molecule has 74 valence electrons. The number of halogens is 1. The quantitative estimate of drug-likeness (QED) is 0.448. The molecule has 1 amide bonds. The summed E-state index contributed by atoms with van der Waals surface area (Å²) >= 11 is 0. The van der Waals surface area contributed by atoms with Gasteiger partial charge in [0, 0.05) is 11.9 Å². The number of hydrogen-bond donors (Lipinski definition) is 1. The summed E-state index contributed by atoms with van der Waals surface area (Å²) in [6.45, 7) is 1.62. The molecule has 0 unspecified atom stereocenters. The van der Waals surface area contributed by atoms with Crippen LogP contribution in [0.25, 0.3) is 0 Å². The summed E-state index contributed by atoms with van der Waals surface area (Å²) in [5, 5.41) is 5.64. The third-order valence-electron chi connectivity index (χ3n) is 1.33. The number of hydrogen-bond acceptors (Lipinski definition) is 3. The largest absolute Gasteiger partial charge is 0.437 e. The lowest BCUT2D eigenvalue weighted by atomic mass is 10.3. The maximum Gasteiger partial charge on any atom is 0.437 e. The summed E-state index contributed by atoms with van der Waals surface area (Å²) in [5.41, 5.74) is 0.447. The van der Waals surface area contributed by atoms with Crippen molar-refractivity contribution >= 4 is 18.0 Å². The molecule has 1 aromatic carbocycles. The van der Waals surface area contributed by atoms with Crippen LogP contribution in [-0.2, 0) is 4.84 Å².